The molecule has 1 aromatic carbocycles. The summed E-state index contributed by atoms with van der Waals surface area (Å²) in [5.41, 5.74) is 2.63. The monoisotopic (exact) mass is 286 g/mol. The number of fused-ring (bicyclic) bond motifs is 1. The van der Waals surface area contributed by atoms with Gasteiger partial charge < -0.3 is 9.88 Å². The molecule has 0 bridgehead atoms. The Balaban J connectivity index is 2.40. The van der Waals surface area contributed by atoms with Crippen molar-refractivity contribution in [2.24, 2.45) is 0 Å². The highest BCUT2D eigenvalue weighted by Crippen LogP contribution is 2.28. The van der Waals surface area contributed by atoms with Gasteiger partial charge in [0.2, 0.25) is 0 Å². The van der Waals surface area contributed by atoms with Crippen LogP contribution < -0.4 is 0 Å². The van der Waals surface area contributed by atoms with Crippen LogP contribution in [-0.2, 0) is 6.42 Å². The maximum atomic E-state index is 3.41. The van der Waals surface area contributed by atoms with Crippen molar-refractivity contribution >= 4 is 65.8 Å². The minimum Gasteiger partial charge on any atom is -0.361 e. The molecule has 1 N–H and O–H groups in total. The van der Waals surface area contributed by atoms with Gasteiger partial charge >= 0.3 is 0 Å². The second-order valence-electron chi connectivity index (χ2n) is 9.03. The number of H-pyrrole nitrogens is 1. The maximum Gasteiger partial charge on any atom is 0.117 e. The van der Waals surface area contributed by atoms with Crippen molar-refractivity contribution in [3.63, 3.8) is 0 Å². The molecule has 1 aromatic heterocycles. The molecule has 2 rings (SSSR count). The van der Waals surface area contributed by atoms with E-state index in [2.05, 4.69) is 102 Å². The lowest BCUT2D eigenvalue weighted by Gasteiger charge is -2.56. The molecule has 0 saturated carbocycles. The predicted octanol–water partition coefficient (Wildman–Crippen LogP) is -4.62. The predicted molar refractivity (Wildman–Crippen MR) is 118 cm³/mol. The zero-order valence-corrected chi connectivity index (χ0v) is 15.5. The Labute approximate surface area is 141 Å². The number of para-hydroxylation sites is 1. The number of aromatic amines is 1. The minimum absolute atomic E-state index is 0.0709. The summed E-state index contributed by atoms with van der Waals surface area (Å²) in [4.78, 5) is 6.06. The molecule has 0 amide bonds. The number of nitrogens with one attached hydrogen (secondary N) is 1. The molecule has 2 aromatic rings. The molecule has 0 fully saturated rings. The van der Waals surface area contributed by atoms with Crippen LogP contribution in [0.1, 0.15) is 12.5 Å². The fourth-order valence-corrected chi connectivity index (χ4v) is 4.65. The van der Waals surface area contributed by atoms with Crippen molar-refractivity contribution in [2.75, 3.05) is 0 Å². The quantitative estimate of drug-likeness (QED) is 0.548. The smallest absolute Gasteiger partial charge is 0.117 e. The van der Waals surface area contributed by atoms with Crippen LogP contribution in [0.25, 0.3) is 10.9 Å². The van der Waals surface area contributed by atoms with Crippen molar-refractivity contribution in [3.05, 3.63) is 36.0 Å². The van der Waals surface area contributed by atoms with Crippen LogP contribution in [0.15, 0.2) is 30.5 Å². The van der Waals surface area contributed by atoms with Gasteiger partial charge in [-0.15, -0.1) is 0 Å². The highest BCUT2D eigenvalue weighted by Gasteiger charge is 2.40. The summed E-state index contributed by atoms with van der Waals surface area (Å²) in [6.45, 7) is 2.31. The van der Waals surface area contributed by atoms with E-state index in [0.29, 0.717) is 0 Å². The second kappa shape index (κ2) is 5.67. The van der Waals surface area contributed by atoms with Crippen LogP contribution in [0.5, 0.6) is 0 Å². The van der Waals surface area contributed by atoms with E-state index in [1.165, 1.54) is 16.5 Å². The van der Waals surface area contributed by atoms with Crippen LogP contribution in [-0.4, -0.2) is 80.7 Å². The Bertz CT molecular complexity index is 640. The van der Waals surface area contributed by atoms with Gasteiger partial charge in [-0.3, -0.25) is 0 Å². The summed E-state index contributed by atoms with van der Waals surface area (Å²) in [5, 5.41) is 1.65. The number of nitrogens with zero attached hydrogens (tertiary/aromatic N) is 1. The molecule has 0 radical (unpaired) electrons. The standard InChI is InChI=1S/C13H25B7N2/c1-11(14,15)22(13(18,19)20)12(16,17)6-8-7-21-10-5-3-2-4-9(8)10/h2-5,7,21H,6,14-20H2,1H3. The van der Waals surface area contributed by atoms with Crippen LogP contribution in [0.4, 0.5) is 0 Å². The fraction of sp³-hybridized carbons (Fsp3) is 0.385. The first-order valence-electron chi connectivity index (χ1n) is 8.28. The number of aromatic nitrogens is 1. The molecule has 108 valence electrons. The number of rotatable bonds is 5. The van der Waals surface area contributed by atoms with Crippen molar-refractivity contribution in [3.8, 4) is 0 Å². The van der Waals surface area contributed by atoms with Crippen molar-refractivity contribution < 1.29 is 0 Å². The lowest BCUT2D eigenvalue weighted by molar-refractivity contribution is 0.182. The Morgan fingerprint density at radius 2 is 1.59 bits per heavy atom. The Morgan fingerprint density at radius 1 is 1.00 bits per heavy atom. The third-order valence-corrected chi connectivity index (χ3v) is 4.24. The lowest BCUT2D eigenvalue weighted by atomic mass is 9.40. The largest absolute Gasteiger partial charge is 0.361 e. The van der Waals surface area contributed by atoms with Gasteiger partial charge in [0.15, 0.2) is 0 Å². The van der Waals surface area contributed by atoms with Gasteiger partial charge in [0.1, 0.15) is 54.9 Å². The Hall–Kier alpha value is -0.825. The molecule has 0 aliphatic carbocycles. The topological polar surface area (TPSA) is 19.0 Å². The van der Waals surface area contributed by atoms with E-state index < -0.39 is 0 Å². The van der Waals surface area contributed by atoms with Crippen LogP contribution in [0.2, 0.25) is 0 Å². The summed E-state index contributed by atoms with van der Waals surface area (Å²) in [6.07, 6.45) is 3.21. The Kier molecular flexibility index (Phi) is 4.52. The van der Waals surface area contributed by atoms with E-state index in [-0.39, 0.29) is 15.9 Å². The fourth-order valence-electron chi connectivity index (χ4n) is 4.65. The molecular formula is C13H25B7N2. The lowest BCUT2D eigenvalue weighted by Crippen LogP contribution is -2.72. The van der Waals surface area contributed by atoms with Crippen LogP contribution in [0.3, 0.4) is 0 Å². The van der Waals surface area contributed by atoms with Gasteiger partial charge in [0, 0.05) is 17.1 Å². The third kappa shape index (κ3) is 3.56. The van der Waals surface area contributed by atoms with Gasteiger partial charge in [-0.1, -0.05) is 30.4 Å². The van der Waals surface area contributed by atoms with E-state index in [0.717, 1.165) is 6.42 Å². The summed E-state index contributed by atoms with van der Waals surface area (Å²) >= 11 is 0. The summed E-state index contributed by atoms with van der Waals surface area (Å²) in [7, 11) is 16.3. The van der Waals surface area contributed by atoms with Gasteiger partial charge in [-0.05, 0) is 28.7 Å². The molecule has 0 aliphatic rings. The molecule has 1 heterocycles. The Morgan fingerprint density at radius 3 is 2.14 bits per heavy atom. The first kappa shape index (κ1) is 17.5. The van der Waals surface area contributed by atoms with Gasteiger partial charge in [-0.25, -0.2) is 0 Å². The second-order valence-corrected chi connectivity index (χ2v) is 9.03. The van der Waals surface area contributed by atoms with E-state index in [1.807, 2.05) is 0 Å². The summed E-state index contributed by atoms with van der Waals surface area (Å²) in [5.74, 6) is 0. The van der Waals surface area contributed by atoms with Crippen molar-refractivity contribution in [1.29, 1.82) is 0 Å². The number of benzene rings is 1. The van der Waals surface area contributed by atoms with Gasteiger partial charge in [0.05, 0.1) is 0 Å². The number of hydrogen-bond donors (Lipinski definition) is 1. The van der Waals surface area contributed by atoms with E-state index >= 15 is 0 Å². The van der Waals surface area contributed by atoms with E-state index in [4.69, 9.17) is 0 Å². The van der Waals surface area contributed by atoms with Crippen molar-refractivity contribution in [1.82, 2.24) is 9.88 Å². The molecular weight excluding hydrogens is 260 g/mol. The van der Waals surface area contributed by atoms with Gasteiger partial charge in [0.25, 0.3) is 0 Å². The molecule has 0 spiro atoms. The van der Waals surface area contributed by atoms with E-state index in [9.17, 15) is 0 Å². The minimum atomic E-state index is 0.0709. The molecule has 0 aliphatic heterocycles. The first-order valence-corrected chi connectivity index (χ1v) is 8.28. The molecule has 0 unspecified atom stereocenters. The molecule has 0 saturated heterocycles. The molecule has 9 heteroatoms. The SMILES string of the molecule is BC(B)(B)N(C(B)(B)C)C(B)(B)Cc1c[nH]c2ccccc12. The summed E-state index contributed by atoms with van der Waals surface area (Å²) in [6, 6.07) is 8.58. The van der Waals surface area contributed by atoms with Crippen LogP contribution >= 0.6 is 0 Å². The molecule has 22 heavy (non-hydrogen) atoms. The third-order valence-electron chi connectivity index (χ3n) is 4.24. The van der Waals surface area contributed by atoms with Gasteiger partial charge in [-0.2, -0.15) is 0 Å². The normalized spacial score (nSPS) is 13.7. The molecule has 0 atom stereocenters. The highest BCUT2D eigenvalue weighted by atomic mass is 15.2. The first-order chi connectivity index (χ1) is 9.93. The average molecular weight is 285 g/mol. The van der Waals surface area contributed by atoms with Crippen molar-refractivity contribution in [2.45, 2.75) is 29.3 Å². The summed E-state index contributed by atoms with van der Waals surface area (Å²) < 4.78 is 0. The zero-order chi connectivity index (χ0) is 16.8. The maximum absolute atomic E-state index is 3.41. The van der Waals surface area contributed by atoms with E-state index in [1.54, 1.807) is 0 Å². The van der Waals surface area contributed by atoms with Crippen LogP contribution in [0, 0.1) is 0 Å². The number of hydrogen-bond acceptors (Lipinski definition) is 1. The molecule has 2 nitrogen and oxygen atoms in total. The zero-order valence-electron chi connectivity index (χ0n) is 15.5. The average Bonchev–Trinajstić information content (AvgIpc) is 2.67. The highest BCUT2D eigenvalue weighted by molar-refractivity contribution is 6.60.